The number of aliphatic hydroxyl groups is 1. The number of nitrogens with one attached hydrogen (secondary N) is 1. The van der Waals surface area contributed by atoms with E-state index in [0.717, 1.165) is 31.2 Å². The molecule has 7 heteroatoms. The summed E-state index contributed by atoms with van der Waals surface area (Å²) in [5.74, 6) is 0. The standard InChI is InChI=1S/C19H24N4O3/c24-18-6-5-15(14-4-3-9-20-10-14)22-23(18)17-12-26-11-16(17)21-13-19(25)7-1-2-8-19/h3-6,9-10,16-17,21,25H,1-2,7-8,11-13H2. The molecule has 138 valence electrons. The molecule has 2 aromatic heterocycles. The summed E-state index contributed by atoms with van der Waals surface area (Å²) in [5.41, 5.74) is 0.783. The second-order valence-electron chi connectivity index (χ2n) is 7.27. The topological polar surface area (TPSA) is 89.3 Å². The van der Waals surface area contributed by atoms with Crippen LogP contribution in [-0.2, 0) is 4.74 Å². The van der Waals surface area contributed by atoms with Gasteiger partial charge >= 0.3 is 0 Å². The van der Waals surface area contributed by atoms with Gasteiger partial charge in [-0.1, -0.05) is 12.8 Å². The van der Waals surface area contributed by atoms with Crippen molar-refractivity contribution in [3.8, 4) is 11.3 Å². The van der Waals surface area contributed by atoms with E-state index in [1.165, 1.54) is 10.7 Å². The van der Waals surface area contributed by atoms with Crippen LogP contribution in [0.2, 0.25) is 0 Å². The van der Waals surface area contributed by atoms with E-state index in [-0.39, 0.29) is 17.6 Å². The van der Waals surface area contributed by atoms with Crippen molar-refractivity contribution in [2.24, 2.45) is 0 Å². The third-order valence-electron chi connectivity index (χ3n) is 5.37. The van der Waals surface area contributed by atoms with E-state index >= 15 is 0 Å². The number of hydrogen-bond acceptors (Lipinski definition) is 6. The summed E-state index contributed by atoms with van der Waals surface area (Å²) in [5, 5.41) is 18.5. The minimum Gasteiger partial charge on any atom is -0.389 e. The van der Waals surface area contributed by atoms with Gasteiger partial charge in [0.25, 0.3) is 5.56 Å². The molecule has 0 spiro atoms. The maximum Gasteiger partial charge on any atom is 0.267 e. The molecule has 1 saturated heterocycles. The Morgan fingerprint density at radius 1 is 1.27 bits per heavy atom. The summed E-state index contributed by atoms with van der Waals surface area (Å²) in [4.78, 5) is 16.5. The van der Waals surface area contributed by atoms with Crippen molar-refractivity contribution in [2.75, 3.05) is 19.8 Å². The van der Waals surface area contributed by atoms with Crippen molar-refractivity contribution >= 4 is 0 Å². The maximum absolute atomic E-state index is 12.4. The van der Waals surface area contributed by atoms with E-state index in [4.69, 9.17) is 4.74 Å². The molecule has 0 aromatic carbocycles. The molecule has 1 aliphatic carbocycles. The Morgan fingerprint density at radius 3 is 2.88 bits per heavy atom. The lowest BCUT2D eigenvalue weighted by Crippen LogP contribution is -2.47. The number of hydrogen-bond donors (Lipinski definition) is 2. The molecular weight excluding hydrogens is 332 g/mol. The highest BCUT2D eigenvalue weighted by atomic mass is 16.5. The average Bonchev–Trinajstić information content (AvgIpc) is 3.31. The van der Waals surface area contributed by atoms with Gasteiger partial charge in [-0.05, 0) is 31.0 Å². The summed E-state index contributed by atoms with van der Waals surface area (Å²) in [6.07, 6.45) is 7.22. The van der Waals surface area contributed by atoms with Crippen LogP contribution in [-0.4, -0.2) is 51.3 Å². The number of nitrogens with zero attached hydrogens (tertiary/aromatic N) is 3. The van der Waals surface area contributed by atoms with Gasteiger partial charge in [0.1, 0.15) is 0 Å². The van der Waals surface area contributed by atoms with E-state index in [1.54, 1.807) is 18.5 Å². The van der Waals surface area contributed by atoms with Crippen molar-refractivity contribution in [3.63, 3.8) is 0 Å². The van der Waals surface area contributed by atoms with Gasteiger partial charge in [-0.15, -0.1) is 0 Å². The van der Waals surface area contributed by atoms with Gasteiger partial charge in [-0.3, -0.25) is 9.78 Å². The first kappa shape index (κ1) is 17.3. The molecule has 4 rings (SSSR count). The Hall–Kier alpha value is -2.09. The van der Waals surface area contributed by atoms with Gasteiger partial charge in [-0.2, -0.15) is 5.10 Å². The number of ether oxygens (including phenoxy) is 1. The maximum atomic E-state index is 12.4. The van der Waals surface area contributed by atoms with Crippen molar-refractivity contribution in [1.82, 2.24) is 20.1 Å². The van der Waals surface area contributed by atoms with Crippen LogP contribution in [0, 0.1) is 0 Å². The molecule has 2 aromatic rings. The highest BCUT2D eigenvalue weighted by molar-refractivity contribution is 5.56. The molecule has 0 amide bonds. The average molecular weight is 356 g/mol. The molecule has 1 aliphatic heterocycles. The van der Waals surface area contributed by atoms with Crippen LogP contribution in [0.15, 0.2) is 41.5 Å². The van der Waals surface area contributed by atoms with E-state index in [2.05, 4.69) is 15.4 Å². The largest absolute Gasteiger partial charge is 0.389 e. The van der Waals surface area contributed by atoms with Gasteiger partial charge in [0, 0.05) is 30.6 Å². The zero-order chi connectivity index (χ0) is 18.0. The molecule has 2 N–H and O–H groups in total. The molecule has 26 heavy (non-hydrogen) atoms. The molecule has 7 nitrogen and oxygen atoms in total. The van der Waals surface area contributed by atoms with Crippen LogP contribution in [0.25, 0.3) is 11.3 Å². The fraction of sp³-hybridized carbons (Fsp3) is 0.526. The SMILES string of the molecule is O=c1ccc(-c2cccnc2)nn1C1COCC1NCC1(O)CCCC1. The van der Waals surface area contributed by atoms with Crippen molar-refractivity contribution in [1.29, 1.82) is 0 Å². The minimum absolute atomic E-state index is 0.0472. The van der Waals surface area contributed by atoms with Crippen LogP contribution in [0.5, 0.6) is 0 Å². The molecule has 2 aliphatic rings. The van der Waals surface area contributed by atoms with E-state index in [1.807, 2.05) is 12.1 Å². The first-order valence-electron chi connectivity index (χ1n) is 9.18. The molecule has 3 heterocycles. The lowest BCUT2D eigenvalue weighted by atomic mass is 10.0. The predicted octanol–water partition coefficient (Wildman–Crippen LogP) is 1.14. The Morgan fingerprint density at radius 2 is 2.12 bits per heavy atom. The van der Waals surface area contributed by atoms with E-state index in [0.29, 0.717) is 25.5 Å². The minimum atomic E-state index is -0.636. The second-order valence-corrected chi connectivity index (χ2v) is 7.27. The summed E-state index contributed by atoms with van der Waals surface area (Å²) in [7, 11) is 0. The zero-order valence-corrected chi connectivity index (χ0v) is 14.7. The van der Waals surface area contributed by atoms with Gasteiger partial charge in [-0.25, -0.2) is 4.68 Å². The lowest BCUT2D eigenvalue weighted by molar-refractivity contribution is 0.0433. The molecule has 0 radical (unpaired) electrons. The summed E-state index contributed by atoms with van der Waals surface area (Å²) < 4.78 is 7.12. The zero-order valence-electron chi connectivity index (χ0n) is 14.7. The molecule has 0 bridgehead atoms. The Kier molecular flexibility index (Phi) is 4.84. The fourth-order valence-corrected chi connectivity index (χ4v) is 3.84. The van der Waals surface area contributed by atoms with Crippen LogP contribution >= 0.6 is 0 Å². The normalized spacial score (nSPS) is 24.8. The smallest absolute Gasteiger partial charge is 0.267 e. The van der Waals surface area contributed by atoms with Crippen molar-refractivity contribution in [3.05, 3.63) is 47.0 Å². The van der Waals surface area contributed by atoms with Crippen LogP contribution in [0.4, 0.5) is 0 Å². The van der Waals surface area contributed by atoms with Crippen molar-refractivity contribution < 1.29 is 9.84 Å². The summed E-state index contributed by atoms with van der Waals surface area (Å²) in [6, 6.07) is 6.78. The van der Waals surface area contributed by atoms with Crippen LogP contribution in [0.3, 0.4) is 0 Å². The number of aromatic nitrogens is 3. The Labute approximate surface area is 152 Å². The van der Waals surface area contributed by atoms with Crippen molar-refractivity contribution in [2.45, 2.75) is 43.4 Å². The van der Waals surface area contributed by atoms with Crippen LogP contribution < -0.4 is 10.9 Å². The lowest BCUT2D eigenvalue weighted by Gasteiger charge is -2.27. The van der Waals surface area contributed by atoms with Crippen LogP contribution in [0.1, 0.15) is 31.7 Å². The third-order valence-corrected chi connectivity index (χ3v) is 5.37. The van der Waals surface area contributed by atoms with E-state index in [9.17, 15) is 9.90 Å². The fourth-order valence-electron chi connectivity index (χ4n) is 3.84. The number of rotatable bonds is 5. The number of pyridine rings is 1. The molecule has 2 unspecified atom stereocenters. The first-order valence-corrected chi connectivity index (χ1v) is 9.18. The Balaban J connectivity index is 1.54. The van der Waals surface area contributed by atoms with Gasteiger partial charge < -0.3 is 15.2 Å². The second kappa shape index (κ2) is 7.26. The predicted molar refractivity (Wildman–Crippen MR) is 96.8 cm³/mol. The summed E-state index contributed by atoms with van der Waals surface area (Å²) in [6.45, 7) is 1.46. The van der Waals surface area contributed by atoms with Gasteiger partial charge in [0.2, 0.25) is 0 Å². The third kappa shape index (κ3) is 3.56. The van der Waals surface area contributed by atoms with Gasteiger partial charge in [0.15, 0.2) is 0 Å². The molecule has 2 fully saturated rings. The highest BCUT2D eigenvalue weighted by Crippen LogP contribution is 2.29. The molecular formula is C19H24N4O3. The molecule has 1 saturated carbocycles. The molecule has 2 atom stereocenters. The van der Waals surface area contributed by atoms with E-state index < -0.39 is 5.60 Å². The monoisotopic (exact) mass is 356 g/mol. The highest BCUT2D eigenvalue weighted by Gasteiger charge is 2.36. The first-order chi connectivity index (χ1) is 12.6. The van der Waals surface area contributed by atoms with Gasteiger partial charge in [0.05, 0.1) is 36.6 Å². The summed E-state index contributed by atoms with van der Waals surface area (Å²) >= 11 is 0. The Bertz CT molecular complexity index is 802. The quantitative estimate of drug-likeness (QED) is 0.835.